The van der Waals surface area contributed by atoms with Crippen LogP contribution in [0, 0.1) is 12.7 Å². The van der Waals surface area contributed by atoms with Crippen molar-refractivity contribution in [3.63, 3.8) is 0 Å². The first-order valence-corrected chi connectivity index (χ1v) is 14.0. The standard InChI is InChI=1S/C27H32FN5O3S/c1-4-11-31-18-24(17-29-31)37(34,35)32-12-9-27(10-13-32,19-36-3)25-15-21-16-30-33(26(21)14-20(25)2)23-7-5-22(28)6-8-23/h5-8,14-18H,4,9-13,19H2,1-3H3. The summed E-state index contributed by atoms with van der Waals surface area (Å²) in [6.45, 7) is 6.08. The van der Waals surface area contributed by atoms with E-state index in [9.17, 15) is 12.8 Å². The first kappa shape index (κ1) is 25.6. The number of aromatic nitrogens is 4. The molecule has 0 spiro atoms. The molecule has 10 heteroatoms. The van der Waals surface area contributed by atoms with Gasteiger partial charge in [-0.3, -0.25) is 4.68 Å². The lowest BCUT2D eigenvalue weighted by Gasteiger charge is -2.42. The highest BCUT2D eigenvalue weighted by molar-refractivity contribution is 7.89. The maximum absolute atomic E-state index is 13.4. The van der Waals surface area contributed by atoms with Crippen molar-refractivity contribution in [3.05, 3.63) is 71.9 Å². The first-order valence-electron chi connectivity index (χ1n) is 12.5. The lowest BCUT2D eigenvalue weighted by Crippen LogP contribution is -2.47. The van der Waals surface area contributed by atoms with Gasteiger partial charge in [0.1, 0.15) is 10.7 Å². The fourth-order valence-electron chi connectivity index (χ4n) is 5.44. The Hall–Kier alpha value is -3.08. The van der Waals surface area contributed by atoms with Crippen LogP contribution in [0.5, 0.6) is 0 Å². The van der Waals surface area contributed by atoms with Crippen LogP contribution in [0.15, 0.2) is 59.9 Å². The van der Waals surface area contributed by atoms with Crippen molar-refractivity contribution in [3.8, 4) is 5.69 Å². The van der Waals surface area contributed by atoms with Crippen molar-refractivity contribution in [2.45, 2.75) is 50.0 Å². The molecule has 196 valence electrons. The largest absolute Gasteiger partial charge is 0.384 e. The number of hydrogen-bond acceptors (Lipinski definition) is 5. The molecule has 1 fully saturated rings. The van der Waals surface area contributed by atoms with E-state index < -0.39 is 10.0 Å². The van der Waals surface area contributed by atoms with Crippen molar-refractivity contribution in [1.82, 2.24) is 23.9 Å². The number of halogens is 1. The minimum Gasteiger partial charge on any atom is -0.384 e. The van der Waals surface area contributed by atoms with Gasteiger partial charge in [-0.05, 0) is 73.7 Å². The fourth-order valence-corrected chi connectivity index (χ4v) is 6.84. The number of piperidine rings is 1. The van der Waals surface area contributed by atoms with Gasteiger partial charge in [-0.15, -0.1) is 0 Å². The Morgan fingerprint density at radius 1 is 1.08 bits per heavy atom. The number of fused-ring (bicyclic) bond motifs is 1. The van der Waals surface area contributed by atoms with E-state index in [1.807, 2.05) is 17.8 Å². The average molecular weight is 526 g/mol. The van der Waals surface area contributed by atoms with Crippen molar-refractivity contribution in [2.75, 3.05) is 26.8 Å². The number of benzene rings is 2. The lowest BCUT2D eigenvalue weighted by molar-refractivity contribution is 0.0928. The number of methoxy groups -OCH3 is 1. The highest BCUT2D eigenvalue weighted by atomic mass is 32.2. The van der Waals surface area contributed by atoms with E-state index in [-0.39, 0.29) is 16.1 Å². The smallest absolute Gasteiger partial charge is 0.246 e. The van der Waals surface area contributed by atoms with E-state index in [1.165, 1.54) is 18.3 Å². The highest BCUT2D eigenvalue weighted by Crippen LogP contribution is 2.40. The topological polar surface area (TPSA) is 82.3 Å². The maximum atomic E-state index is 13.4. The molecule has 4 aromatic rings. The maximum Gasteiger partial charge on any atom is 0.246 e. The summed E-state index contributed by atoms with van der Waals surface area (Å²) in [4.78, 5) is 0.242. The van der Waals surface area contributed by atoms with E-state index in [0.717, 1.165) is 34.1 Å². The summed E-state index contributed by atoms with van der Waals surface area (Å²) in [6.07, 6.45) is 7.04. The van der Waals surface area contributed by atoms with Crippen LogP contribution in [-0.2, 0) is 26.7 Å². The fraction of sp³-hybridized carbons (Fsp3) is 0.407. The van der Waals surface area contributed by atoms with Crippen LogP contribution in [0.1, 0.15) is 37.3 Å². The Morgan fingerprint density at radius 3 is 2.49 bits per heavy atom. The molecule has 3 heterocycles. The first-order chi connectivity index (χ1) is 17.8. The Labute approximate surface area is 216 Å². The number of sulfonamides is 1. The zero-order valence-electron chi connectivity index (χ0n) is 21.4. The Morgan fingerprint density at radius 2 is 1.81 bits per heavy atom. The van der Waals surface area contributed by atoms with E-state index in [4.69, 9.17) is 4.74 Å². The predicted octanol–water partition coefficient (Wildman–Crippen LogP) is 4.45. The average Bonchev–Trinajstić information content (AvgIpc) is 3.52. The third kappa shape index (κ3) is 4.69. The van der Waals surface area contributed by atoms with E-state index in [0.29, 0.717) is 39.1 Å². The number of nitrogens with zero attached hydrogens (tertiary/aromatic N) is 5. The second-order valence-corrected chi connectivity index (χ2v) is 11.8. The predicted molar refractivity (Wildman–Crippen MR) is 140 cm³/mol. The van der Waals surface area contributed by atoms with Gasteiger partial charge in [0.2, 0.25) is 10.0 Å². The molecule has 0 aliphatic carbocycles. The number of aryl methyl sites for hydroxylation is 2. The third-order valence-electron chi connectivity index (χ3n) is 7.36. The van der Waals surface area contributed by atoms with Crippen LogP contribution >= 0.6 is 0 Å². The van der Waals surface area contributed by atoms with Crippen molar-refractivity contribution in [1.29, 1.82) is 0 Å². The summed E-state index contributed by atoms with van der Waals surface area (Å²) in [5.74, 6) is -0.289. The second kappa shape index (κ2) is 10.00. The van der Waals surface area contributed by atoms with Crippen molar-refractivity contribution >= 4 is 20.9 Å². The molecule has 8 nitrogen and oxygen atoms in total. The zero-order chi connectivity index (χ0) is 26.2. The van der Waals surface area contributed by atoms with Crippen LogP contribution in [0.2, 0.25) is 0 Å². The second-order valence-electron chi connectivity index (χ2n) is 9.82. The van der Waals surface area contributed by atoms with Crippen LogP contribution in [0.3, 0.4) is 0 Å². The lowest BCUT2D eigenvalue weighted by atomic mass is 9.72. The van der Waals surface area contributed by atoms with Gasteiger partial charge in [0.15, 0.2) is 0 Å². The van der Waals surface area contributed by atoms with Gasteiger partial charge in [-0.1, -0.05) is 6.92 Å². The van der Waals surface area contributed by atoms with Gasteiger partial charge in [-0.25, -0.2) is 17.5 Å². The summed E-state index contributed by atoms with van der Waals surface area (Å²) < 4.78 is 50.8. The summed E-state index contributed by atoms with van der Waals surface area (Å²) in [5, 5.41) is 9.73. The van der Waals surface area contributed by atoms with Crippen LogP contribution in [0.4, 0.5) is 4.39 Å². The molecule has 0 N–H and O–H groups in total. The Balaban J connectivity index is 1.43. The molecule has 2 aromatic carbocycles. The van der Waals surface area contributed by atoms with E-state index in [1.54, 1.807) is 34.4 Å². The zero-order valence-corrected chi connectivity index (χ0v) is 22.2. The van der Waals surface area contributed by atoms with E-state index in [2.05, 4.69) is 29.3 Å². The summed E-state index contributed by atoms with van der Waals surface area (Å²) >= 11 is 0. The van der Waals surface area contributed by atoms with E-state index >= 15 is 0 Å². The highest BCUT2D eigenvalue weighted by Gasteiger charge is 2.41. The molecule has 37 heavy (non-hydrogen) atoms. The molecular formula is C27H32FN5O3S. The molecule has 0 atom stereocenters. The Bertz CT molecular complexity index is 1500. The monoisotopic (exact) mass is 525 g/mol. The number of hydrogen-bond donors (Lipinski definition) is 0. The minimum atomic E-state index is -3.61. The summed E-state index contributed by atoms with van der Waals surface area (Å²) in [6, 6.07) is 10.5. The van der Waals surface area contributed by atoms with Crippen molar-refractivity contribution < 1.29 is 17.5 Å². The van der Waals surface area contributed by atoms with Gasteiger partial charge in [0.25, 0.3) is 0 Å². The molecule has 0 radical (unpaired) electrons. The molecule has 5 rings (SSSR count). The molecular weight excluding hydrogens is 493 g/mol. The molecule has 1 saturated heterocycles. The third-order valence-corrected chi connectivity index (χ3v) is 9.21. The minimum absolute atomic E-state index is 0.242. The SMILES string of the molecule is CCCn1cc(S(=O)(=O)N2CCC(COC)(c3cc4cnn(-c5ccc(F)cc5)c4cc3C)CC2)cn1. The van der Waals surface area contributed by atoms with Crippen LogP contribution in [-0.4, -0.2) is 59.1 Å². The van der Waals surface area contributed by atoms with Crippen molar-refractivity contribution in [2.24, 2.45) is 0 Å². The quantitative estimate of drug-likeness (QED) is 0.340. The molecule has 1 aliphatic rings. The number of rotatable bonds is 8. The summed E-state index contributed by atoms with van der Waals surface area (Å²) in [7, 11) is -1.92. The molecule has 0 saturated carbocycles. The van der Waals surface area contributed by atoms with Gasteiger partial charge in [0, 0.05) is 43.7 Å². The molecule has 0 unspecified atom stereocenters. The summed E-state index contributed by atoms with van der Waals surface area (Å²) in [5.41, 5.74) is 3.64. The molecule has 0 bridgehead atoms. The number of ether oxygens (including phenoxy) is 1. The van der Waals surface area contributed by atoms with Gasteiger partial charge >= 0.3 is 0 Å². The van der Waals surface area contributed by atoms with Gasteiger partial charge < -0.3 is 4.74 Å². The molecule has 1 aliphatic heterocycles. The molecule has 2 aromatic heterocycles. The van der Waals surface area contributed by atoms with Gasteiger partial charge in [-0.2, -0.15) is 14.5 Å². The Kier molecular flexibility index (Phi) is 6.91. The van der Waals surface area contributed by atoms with Crippen LogP contribution < -0.4 is 0 Å². The molecule has 0 amide bonds. The van der Waals surface area contributed by atoms with Gasteiger partial charge in [0.05, 0.1) is 30.2 Å². The normalized spacial score (nSPS) is 16.4. The van der Waals surface area contributed by atoms with Crippen LogP contribution in [0.25, 0.3) is 16.6 Å².